The molecule has 2 aromatic rings. The second kappa shape index (κ2) is 7.98. The maximum absolute atomic E-state index is 13.8. The molecule has 3 rings (SSSR count). The van der Waals surface area contributed by atoms with Gasteiger partial charge in [0.2, 0.25) is 10.0 Å². The normalized spacial score (nSPS) is 16.0. The monoisotopic (exact) mass is 392 g/mol. The van der Waals surface area contributed by atoms with E-state index >= 15 is 0 Å². The van der Waals surface area contributed by atoms with Gasteiger partial charge in [0, 0.05) is 37.7 Å². The van der Waals surface area contributed by atoms with Crippen molar-refractivity contribution in [1.29, 1.82) is 0 Å². The zero-order valence-electron chi connectivity index (χ0n) is 14.4. The van der Waals surface area contributed by atoms with Gasteiger partial charge >= 0.3 is 0 Å². The van der Waals surface area contributed by atoms with Crippen LogP contribution >= 0.6 is 0 Å². The van der Waals surface area contributed by atoms with Gasteiger partial charge in [-0.1, -0.05) is 30.3 Å². The van der Waals surface area contributed by atoms with Crippen molar-refractivity contribution in [3.8, 4) is 0 Å². The molecule has 1 fully saturated rings. The van der Waals surface area contributed by atoms with Crippen molar-refractivity contribution in [2.24, 2.45) is 0 Å². The summed E-state index contributed by atoms with van der Waals surface area (Å²) >= 11 is 0. The number of amides is 1. The molecule has 0 aromatic heterocycles. The van der Waals surface area contributed by atoms with Crippen molar-refractivity contribution in [1.82, 2.24) is 9.21 Å². The lowest BCUT2D eigenvalue weighted by Gasteiger charge is -2.33. The van der Waals surface area contributed by atoms with Gasteiger partial charge in [-0.25, -0.2) is 17.2 Å². The summed E-state index contributed by atoms with van der Waals surface area (Å²) < 4.78 is 52.9. The van der Waals surface area contributed by atoms with E-state index in [1.54, 1.807) is 12.1 Å². The van der Waals surface area contributed by atoms with Gasteiger partial charge in [-0.2, -0.15) is 4.31 Å². The first-order chi connectivity index (χ1) is 12.9. The number of piperazine rings is 1. The summed E-state index contributed by atoms with van der Waals surface area (Å²) in [4.78, 5) is 13.7. The molecule has 0 saturated carbocycles. The number of carbonyl (C=O) groups is 1. The van der Waals surface area contributed by atoms with E-state index in [1.807, 2.05) is 18.2 Å². The first kappa shape index (κ1) is 19.2. The summed E-state index contributed by atoms with van der Waals surface area (Å²) in [6, 6.07) is 11.8. The molecule has 1 amide bonds. The fourth-order valence-corrected chi connectivity index (χ4v) is 3.97. The Morgan fingerprint density at radius 3 is 2.26 bits per heavy atom. The minimum Gasteiger partial charge on any atom is -0.336 e. The van der Waals surface area contributed by atoms with Crippen molar-refractivity contribution < 1.29 is 22.0 Å². The number of halogens is 2. The summed E-state index contributed by atoms with van der Waals surface area (Å²) in [6.07, 6.45) is 1.51. The van der Waals surface area contributed by atoms with Crippen molar-refractivity contribution in [3.05, 3.63) is 76.7 Å². The zero-order chi connectivity index (χ0) is 19.4. The first-order valence-corrected chi connectivity index (χ1v) is 9.85. The van der Waals surface area contributed by atoms with Gasteiger partial charge in [-0.15, -0.1) is 0 Å². The van der Waals surface area contributed by atoms with E-state index in [0.717, 1.165) is 23.1 Å². The van der Waals surface area contributed by atoms with Crippen LogP contribution in [0.4, 0.5) is 8.78 Å². The van der Waals surface area contributed by atoms with Crippen molar-refractivity contribution in [2.75, 3.05) is 26.2 Å². The average molecular weight is 392 g/mol. The molecular formula is C19H18F2N2O3S. The maximum atomic E-state index is 13.8. The van der Waals surface area contributed by atoms with Crippen molar-refractivity contribution in [3.63, 3.8) is 0 Å². The fraction of sp³-hybridized carbons (Fsp3) is 0.211. The van der Waals surface area contributed by atoms with Crippen molar-refractivity contribution >= 4 is 22.0 Å². The molecule has 1 aliphatic heterocycles. The van der Waals surface area contributed by atoms with Gasteiger partial charge in [0.15, 0.2) is 0 Å². The molecule has 1 aliphatic rings. The highest BCUT2D eigenvalue weighted by Gasteiger charge is 2.28. The number of nitrogens with zero attached hydrogens (tertiary/aromatic N) is 2. The fourth-order valence-electron chi connectivity index (χ4n) is 2.79. The lowest BCUT2D eigenvalue weighted by atomic mass is 10.1. The predicted octanol–water partition coefficient (Wildman–Crippen LogP) is 2.72. The minimum absolute atomic E-state index is 0.107. The molecule has 0 spiro atoms. The van der Waals surface area contributed by atoms with E-state index < -0.39 is 27.6 Å². The Labute approximate surface area is 156 Å². The standard InChI is InChI=1S/C19H18F2N2O3S/c20-16-6-7-17(18(21)14-16)19(24)22-9-11-23(12-10-22)27(25,26)13-8-15-4-2-1-3-5-15/h1-8,13-14H,9-12H2/b13-8+. The van der Waals surface area contributed by atoms with Gasteiger partial charge in [0.25, 0.3) is 5.91 Å². The zero-order valence-corrected chi connectivity index (χ0v) is 15.2. The number of hydrogen-bond donors (Lipinski definition) is 0. The quantitative estimate of drug-likeness (QED) is 0.804. The lowest BCUT2D eigenvalue weighted by Crippen LogP contribution is -2.50. The summed E-state index contributed by atoms with van der Waals surface area (Å²) in [5, 5.41) is 1.14. The van der Waals surface area contributed by atoms with Crippen LogP contribution in [0, 0.1) is 11.6 Å². The molecule has 0 unspecified atom stereocenters. The van der Waals surface area contributed by atoms with Crippen LogP contribution in [0.2, 0.25) is 0 Å². The highest BCUT2D eigenvalue weighted by Crippen LogP contribution is 2.16. The number of hydrogen-bond acceptors (Lipinski definition) is 3. The smallest absolute Gasteiger partial charge is 0.256 e. The molecule has 1 saturated heterocycles. The molecule has 0 bridgehead atoms. The van der Waals surface area contributed by atoms with Crippen LogP contribution in [0.1, 0.15) is 15.9 Å². The topological polar surface area (TPSA) is 57.7 Å². The number of carbonyl (C=O) groups excluding carboxylic acids is 1. The van der Waals surface area contributed by atoms with Gasteiger partial charge in [-0.05, 0) is 23.8 Å². The molecule has 142 valence electrons. The highest BCUT2D eigenvalue weighted by molar-refractivity contribution is 7.92. The summed E-state index contributed by atoms with van der Waals surface area (Å²) in [6.45, 7) is 0.480. The molecule has 8 heteroatoms. The molecule has 0 atom stereocenters. The third-order valence-electron chi connectivity index (χ3n) is 4.28. The Morgan fingerprint density at radius 2 is 1.63 bits per heavy atom. The second-order valence-electron chi connectivity index (χ2n) is 6.07. The summed E-state index contributed by atoms with van der Waals surface area (Å²) in [7, 11) is -3.62. The van der Waals surface area contributed by atoms with Crippen LogP contribution in [-0.2, 0) is 10.0 Å². The van der Waals surface area contributed by atoms with E-state index in [1.165, 1.54) is 15.3 Å². The summed E-state index contributed by atoms with van der Waals surface area (Å²) in [5.41, 5.74) is 0.540. The van der Waals surface area contributed by atoms with E-state index in [9.17, 15) is 22.0 Å². The molecule has 0 N–H and O–H groups in total. The largest absolute Gasteiger partial charge is 0.336 e. The Balaban J connectivity index is 1.64. The maximum Gasteiger partial charge on any atom is 0.256 e. The molecule has 27 heavy (non-hydrogen) atoms. The third-order valence-corrected chi connectivity index (χ3v) is 5.84. The number of sulfonamides is 1. The Hall–Kier alpha value is -2.58. The van der Waals surface area contributed by atoms with Crippen LogP contribution in [0.15, 0.2) is 53.9 Å². The van der Waals surface area contributed by atoms with Gasteiger partial charge in [-0.3, -0.25) is 4.79 Å². The molecule has 2 aromatic carbocycles. The van der Waals surface area contributed by atoms with Gasteiger partial charge < -0.3 is 4.90 Å². The van der Waals surface area contributed by atoms with Crippen LogP contribution < -0.4 is 0 Å². The highest BCUT2D eigenvalue weighted by atomic mass is 32.2. The lowest BCUT2D eigenvalue weighted by molar-refractivity contribution is 0.0693. The molecule has 0 radical (unpaired) electrons. The Kier molecular flexibility index (Phi) is 5.67. The van der Waals surface area contributed by atoms with E-state index in [-0.39, 0.29) is 31.7 Å². The predicted molar refractivity (Wildman–Crippen MR) is 98.2 cm³/mol. The van der Waals surface area contributed by atoms with Crippen LogP contribution in [0.5, 0.6) is 0 Å². The first-order valence-electron chi connectivity index (χ1n) is 8.34. The van der Waals surface area contributed by atoms with Crippen LogP contribution in [0.25, 0.3) is 6.08 Å². The van der Waals surface area contributed by atoms with Crippen LogP contribution in [0.3, 0.4) is 0 Å². The van der Waals surface area contributed by atoms with E-state index in [0.29, 0.717) is 6.07 Å². The Bertz CT molecular complexity index is 954. The Morgan fingerprint density at radius 1 is 0.963 bits per heavy atom. The number of benzene rings is 2. The van der Waals surface area contributed by atoms with E-state index in [2.05, 4.69) is 0 Å². The van der Waals surface area contributed by atoms with Gasteiger partial charge in [0.1, 0.15) is 11.6 Å². The third kappa shape index (κ3) is 4.58. The van der Waals surface area contributed by atoms with E-state index in [4.69, 9.17) is 0 Å². The average Bonchev–Trinajstić information content (AvgIpc) is 2.67. The SMILES string of the molecule is O=C(c1ccc(F)cc1F)N1CCN(S(=O)(=O)/C=C/c2ccccc2)CC1. The molecule has 1 heterocycles. The van der Waals surface area contributed by atoms with Gasteiger partial charge in [0.05, 0.1) is 5.56 Å². The second-order valence-corrected chi connectivity index (χ2v) is 7.89. The van der Waals surface area contributed by atoms with Crippen molar-refractivity contribution in [2.45, 2.75) is 0 Å². The molecule has 0 aliphatic carbocycles. The summed E-state index contributed by atoms with van der Waals surface area (Å²) in [5.74, 6) is -2.27. The minimum atomic E-state index is -3.62. The molecule has 5 nitrogen and oxygen atoms in total. The molecular weight excluding hydrogens is 374 g/mol. The number of rotatable bonds is 4. The van der Waals surface area contributed by atoms with Crippen LogP contribution in [-0.4, -0.2) is 49.7 Å².